The van der Waals surface area contributed by atoms with Crippen LogP contribution in [0.3, 0.4) is 0 Å². The van der Waals surface area contributed by atoms with Crippen LogP contribution in [0.15, 0.2) is 52.7 Å². The van der Waals surface area contributed by atoms with Crippen molar-refractivity contribution in [2.75, 3.05) is 6.61 Å². The topological polar surface area (TPSA) is 76.2 Å². The summed E-state index contributed by atoms with van der Waals surface area (Å²) in [6.45, 7) is 6.48. The van der Waals surface area contributed by atoms with E-state index in [1.165, 1.54) is 0 Å². The van der Waals surface area contributed by atoms with Crippen LogP contribution in [-0.2, 0) is 11.3 Å². The van der Waals surface area contributed by atoms with Crippen LogP contribution in [0.4, 0.5) is 5.69 Å². The fraction of sp³-hybridized carbons (Fsp3) is 0.286. The molecule has 0 aliphatic rings. The summed E-state index contributed by atoms with van der Waals surface area (Å²) in [6.07, 6.45) is 0. The number of nitrogens with zero attached hydrogens (tertiary/aromatic N) is 3. The van der Waals surface area contributed by atoms with Crippen LogP contribution in [-0.4, -0.2) is 22.2 Å². The number of aryl methyl sites for hydroxylation is 1. The van der Waals surface area contributed by atoms with Gasteiger partial charge in [-0.05, 0) is 49.2 Å². The third-order valence-corrected chi connectivity index (χ3v) is 4.40. The molecule has 0 atom stereocenters. The zero-order valence-electron chi connectivity index (χ0n) is 16.0. The van der Waals surface area contributed by atoms with Crippen molar-refractivity contribution in [3.63, 3.8) is 0 Å². The second-order valence-electron chi connectivity index (χ2n) is 7.03. The molecular weight excluding hydrogens is 378 g/mol. The summed E-state index contributed by atoms with van der Waals surface area (Å²) in [6, 6.07) is 12.5. The summed E-state index contributed by atoms with van der Waals surface area (Å²) >= 11 is 5.82. The van der Waals surface area contributed by atoms with Crippen molar-refractivity contribution in [1.29, 1.82) is 0 Å². The number of rotatable bonds is 6. The largest absolute Gasteiger partial charge is 0.493 e. The summed E-state index contributed by atoms with van der Waals surface area (Å²) in [4.78, 5) is 12.1. The fourth-order valence-electron chi connectivity index (χ4n) is 2.90. The zero-order valence-corrected chi connectivity index (χ0v) is 16.8. The van der Waals surface area contributed by atoms with Gasteiger partial charge in [0.1, 0.15) is 5.75 Å². The van der Waals surface area contributed by atoms with E-state index in [4.69, 9.17) is 16.3 Å². The number of aromatic hydroxyl groups is 1. The first-order valence-corrected chi connectivity index (χ1v) is 9.37. The molecule has 6 nitrogen and oxygen atoms in total. The number of carbonyl (C=O) groups is 1. The predicted octanol–water partition coefficient (Wildman–Crippen LogP) is 5.65. The van der Waals surface area contributed by atoms with Crippen LogP contribution in [0, 0.1) is 12.8 Å². The van der Waals surface area contributed by atoms with E-state index in [2.05, 4.69) is 24.1 Å². The average molecular weight is 400 g/mol. The molecule has 0 saturated carbocycles. The van der Waals surface area contributed by atoms with Crippen molar-refractivity contribution in [2.24, 2.45) is 16.1 Å². The van der Waals surface area contributed by atoms with Crippen LogP contribution in [0.25, 0.3) is 10.9 Å². The van der Waals surface area contributed by atoms with Crippen molar-refractivity contribution in [1.82, 2.24) is 4.57 Å². The third kappa shape index (κ3) is 4.51. The number of fused-ring (bicyclic) bond motifs is 1. The molecule has 3 aromatic rings. The maximum Gasteiger partial charge on any atom is 0.302 e. The minimum absolute atomic E-state index is 0.00414. The highest BCUT2D eigenvalue weighted by Crippen LogP contribution is 2.39. The van der Waals surface area contributed by atoms with E-state index in [1.807, 2.05) is 25.1 Å². The molecular formula is C21H22ClN3O3. The van der Waals surface area contributed by atoms with Gasteiger partial charge in [0.25, 0.3) is 0 Å². The highest BCUT2D eigenvalue weighted by atomic mass is 35.5. The third-order valence-electron chi connectivity index (χ3n) is 4.15. The molecule has 1 N–H and O–H groups in total. The molecule has 0 spiro atoms. The Morgan fingerprint density at radius 1 is 1.21 bits per heavy atom. The van der Waals surface area contributed by atoms with Crippen molar-refractivity contribution in [3.05, 3.63) is 53.1 Å². The second kappa shape index (κ2) is 8.44. The molecule has 0 aliphatic carbocycles. The van der Waals surface area contributed by atoms with Crippen LogP contribution in [0.2, 0.25) is 5.02 Å². The van der Waals surface area contributed by atoms with Gasteiger partial charge < -0.3 is 14.4 Å². The number of hydrogen-bond donors (Lipinski definition) is 1. The number of aromatic nitrogens is 1. The standard InChI is InChI=1S/C21H22ClN3O3/c1-13(2)11-25-18-9-4-14(3)10-17(18)20(21(25)27)24-23-19(26)12-28-16-7-5-15(22)6-8-16/h4-10,13,27H,11-12H2,1-3H3. The fourth-order valence-corrected chi connectivity index (χ4v) is 3.02. The lowest BCUT2D eigenvalue weighted by Gasteiger charge is -2.09. The van der Waals surface area contributed by atoms with E-state index in [1.54, 1.807) is 28.8 Å². The molecule has 0 aliphatic heterocycles. The van der Waals surface area contributed by atoms with E-state index in [9.17, 15) is 9.90 Å². The molecule has 28 heavy (non-hydrogen) atoms. The van der Waals surface area contributed by atoms with Crippen molar-refractivity contribution in [2.45, 2.75) is 27.3 Å². The van der Waals surface area contributed by atoms with Gasteiger partial charge >= 0.3 is 5.91 Å². The SMILES string of the molecule is Cc1ccc2c(c1)c(N=NC(=O)COc1ccc(Cl)cc1)c(O)n2CC(C)C. The number of amides is 1. The van der Waals surface area contributed by atoms with Crippen molar-refractivity contribution >= 4 is 34.1 Å². The molecule has 0 radical (unpaired) electrons. The molecule has 146 valence electrons. The molecule has 0 fully saturated rings. The quantitative estimate of drug-likeness (QED) is 0.544. The Kier molecular flexibility index (Phi) is 5.99. The lowest BCUT2D eigenvalue weighted by molar-refractivity contribution is -0.120. The first-order chi connectivity index (χ1) is 13.3. The molecule has 3 rings (SSSR count). The van der Waals surface area contributed by atoms with Crippen LogP contribution in [0.5, 0.6) is 11.6 Å². The number of carbonyl (C=O) groups excluding carboxylic acids is 1. The molecule has 7 heteroatoms. The van der Waals surface area contributed by atoms with Gasteiger partial charge in [0, 0.05) is 17.0 Å². The molecule has 1 aromatic heterocycles. The molecule has 1 amide bonds. The number of hydrogen-bond acceptors (Lipinski definition) is 4. The van der Waals surface area contributed by atoms with Gasteiger partial charge in [-0.25, -0.2) is 0 Å². The van der Waals surface area contributed by atoms with Gasteiger partial charge in [0.15, 0.2) is 12.3 Å². The van der Waals surface area contributed by atoms with Gasteiger partial charge in [-0.2, -0.15) is 0 Å². The zero-order chi connectivity index (χ0) is 20.3. The predicted molar refractivity (Wildman–Crippen MR) is 110 cm³/mol. The van der Waals surface area contributed by atoms with Gasteiger partial charge in [0.2, 0.25) is 5.88 Å². The van der Waals surface area contributed by atoms with Crippen LogP contribution in [0.1, 0.15) is 19.4 Å². The first-order valence-electron chi connectivity index (χ1n) is 9.00. The minimum Gasteiger partial charge on any atom is -0.493 e. The smallest absolute Gasteiger partial charge is 0.302 e. The summed E-state index contributed by atoms with van der Waals surface area (Å²) in [7, 11) is 0. The Hall–Kier alpha value is -2.86. The minimum atomic E-state index is -0.549. The van der Waals surface area contributed by atoms with E-state index in [0.717, 1.165) is 16.5 Å². The van der Waals surface area contributed by atoms with Gasteiger partial charge in [0.05, 0.1) is 5.52 Å². The monoisotopic (exact) mass is 399 g/mol. The van der Waals surface area contributed by atoms with Crippen molar-refractivity contribution < 1.29 is 14.6 Å². The Morgan fingerprint density at radius 2 is 1.93 bits per heavy atom. The van der Waals surface area contributed by atoms with Gasteiger partial charge in [-0.1, -0.05) is 37.1 Å². The Morgan fingerprint density at radius 3 is 2.61 bits per heavy atom. The summed E-state index contributed by atoms with van der Waals surface area (Å²) < 4.78 is 7.17. The van der Waals surface area contributed by atoms with E-state index in [0.29, 0.717) is 28.9 Å². The summed E-state index contributed by atoms with van der Waals surface area (Å²) in [5.74, 6) is 0.304. The average Bonchev–Trinajstić information content (AvgIpc) is 2.90. The Bertz CT molecular complexity index is 1020. The van der Waals surface area contributed by atoms with Gasteiger partial charge in [-0.15, -0.1) is 10.2 Å². The maximum atomic E-state index is 12.1. The molecule has 0 bridgehead atoms. The highest BCUT2D eigenvalue weighted by Gasteiger charge is 2.18. The molecule has 1 heterocycles. The molecule has 0 unspecified atom stereocenters. The van der Waals surface area contributed by atoms with E-state index >= 15 is 0 Å². The maximum absolute atomic E-state index is 12.1. The Labute approximate surface area is 168 Å². The first kappa shape index (κ1) is 19.9. The lowest BCUT2D eigenvalue weighted by atomic mass is 10.1. The van der Waals surface area contributed by atoms with Crippen LogP contribution < -0.4 is 4.74 Å². The van der Waals surface area contributed by atoms with E-state index < -0.39 is 5.91 Å². The van der Waals surface area contributed by atoms with E-state index in [-0.39, 0.29) is 12.5 Å². The summed E-state index contributed by atoms with van der Waals surface area (Å²) in [5.41, 5.74) is 2.18. The Balaban J connectivity index is 1.82. The van der Waals surface area contributed by atoms with Crippen molar-refractivity contribution in [3.8, 4) is 11.6 Å². The van der Waals surface area contributed by atoms with Gasteiger partial charge in [-0.3, -0.25) is 4.79 Å². The number of ether oxygens (including phenoxy) is 1. The lowest BCUT2D eigenvalue weighted by Crippen LogP contribution is -2.07. The number of halogens is 1. The molecule has 0 saturated heterocycles. The van der Waals surface area contributed by atoms with Crippen LogP contribution >= 0.6 is 11.6 Å². The summed E-state index contributed by atoms with van der Waals surface area (Å²) in [5, 5.41) is 19.8. The number of azo groups is 1. The number of benzene rings is 2. The second-order valence-corrected chi connectivity index (χ2v) is 7.47. The molecule has 2 aromatic carbocycles. The highest BCUT2D eigenvalue weighted by molar-refractivity contribution is 6.30. The normalized spacial score (nSPS) is 11.6.